The number of aromatic amines is 1. The van der Waals surface area contributed by atoms with E-state index < -0.39 is 6.04 Å². The molecular formula is C34H52N4O2. The number of hydrogen-bond acceptors (Lipinski definition) is 4. The van der Waals surface area contributed by atoms with E-state index in [2.05, 4.69) is 80.2 Å². The van der Waals surface area contributed by atoms with Gasteiger partial charge in [0.2, 0.25) is 5.91 Å². The number of nitrogens with zero attached hydrogens (tertiary/aromatic N) is 2. The first kappa shape index (κ1) is 33.1. The second-order valence-corrected chi connectivity index (χ2v) is 11.4. The van der Waals surface area contributed by atoms with Gasteiger partial charge in [-0.25, -0.2) is 0 Å². The summed E-state index contributed by atoms with van der Waals surface area (Å²) in [4.78, 5) is 30.5. The van der Waals surface area contributed by atoms with Gasteiger partial charge in [0.25, 0.3) is 0 Å². The van der Waals surface area contributed by atoms with Gasteiger partial charge in [-0.05, 0) is 56.6 Å². The zero-order valence-corrected chi connectivity index (χ0v) is 26.1. The van der Waals surface area contributed by atoms with Gasteiger partial charge in [-0.2, -0.15) is 0 Å². The summed E-state index contributed by atoms with van der Waals surface area (Å²) in [6, 6.07) is 14.3. The summed E-state index contributed by atoms with van der Waals surface area (Å²) in [7, 11) is 6.52. The molecule has 2 unspecified atom stereocenters. The SMILES string of the molecule is CCC(=O)NC(C=O)C(C)c1c[nH]c2ccccc12.CCCCC.Cc1ccc2c(c1)C[C@H](CN(C)C)CN2C. The van der Waals surface area contributed by atoms with E-state index in [1.807, 2.05) is 37.4 Å². The highest BCUT2D eigenvalue weighted by atomic mass is 16.2. The highest BCUT2D eigenvalue weighted by Crippen LogP contribution is 2.30. The molecule has 6 nitrogen and oxygen atoms in total. The number of benzene rings is 2. The van der Waals surface area contributed by atoms with Crippen LogP contribution in [0.3, 0.4) is 0 Å². The monoisotopic (exact) mass is 548 g/mol. The molecule has 0 radical (unpaired) electrons. The van der Waals surface area contributed by atoms with Crippen LogP contribution in [0.4, 0.5) is 5.69 Å². The number of hydrogen-bond donors (Lipinski definition) is 2. The molecule has 0 bridgehead atoms. The van der Waals surface area contributed by atoms with Gasteiger partial charge in [0, 0.05) is 55.3 Å². The van der Waals surface area contributed by atoms with Crippen molar-refractivity contribution >= 4 is 28.8 Å². The van der Waals surface area contributed by atoms with E-state index in [9.17, 15) is 9.59 Å². The summed E-state index contributed by atoms with van der Waals surface area (Å²) >= 11 is 0. The highest BCUT2D eigenvalue weighted by Gasteiger charge is 2.23. The van der Waals surface area contributed by atoms with Crippen LogP contribution < -0.4 is 10.2 Å². The molecule has 0 saturated carbocycles. The first-order chi connectivity index (χ1) is 19.1. The Labute approximate surface area is 242 Å². The molecule has 1 aliphatic heterocycles. The molecule has 4 rings (SSSR count). The third kappa shape index (κ3) is 9.81. The maximum absolute atomic E-state index is 11.4. The van der Waals surface area contributed by atoms with Crippen molar-refractivity contribution in [1.82, 2.24) is 15.2 Å². The van der Waals surface area contributed by atoms with Crippen LogP contribution in [0.25, 0.3) is 10.9 Å². The molecule has 2 aromatic carbocycles. The Hall–Kier alpha value is -3.12. The second-order valence-electron chi connectivity index (χ2n) is 11.4. The maximum atomic E-state index is 11.4. The number of para-hydroxylation sites is 1. The number of unbranched alkanes of at least 4 members (excludes halogenated alkanes) is 2. The lowest BCUT2D eigenvalue weighted by atomic mass is 9.91. The Morgan fingerprint density at radius 1 is 1.15 bits per heavy atom. The fourth-order valence-electron chi connectivity index (χ4n) is 5.33. The van der Waals surface area contributed by atoms with Gasteiger partial charge in [-0.15, -0.1) is 0 Å². The van der Waals surface area contributed by atoms with Gasteiger partial charge in [0.05, 0.1) is 6.04 Å². The quantitative estimate of drug-likeness (QED) is 0.291. The Morgan fingerprint density at radius 3 is 2.45 bits per heavy atom. The zero-order valence-electron chi connectivity index (χ0n) is 26.1. The fourth-order valence-corrected chi connectivity index (χ4v) is 5.33. The first-order valence-corrected chi connectivity index (χ1v) is 14.9. The van der Waals surface area contributed by atoms with Gasteiger partial charge in [-0.3, -0.25) is 4.79 Å². The summed E-state index contributed by atoms with van der Waals surface area (Å²) in [6.07, 6.45) is 8.39. The lowest BCUT2D eigenvalue weighted by Crippen LogP contribution is -2.39. The Morgan fingerprint density at radius 2 is 1.85 bits per heavy atom. The second kappa shape index (κ2) is 16.9. The number of rotatable bonds is 9. The molecule has 1 amide bonds. The van der Waals surface area contributed by atoms with Crippen LogP contribution in [0.1, 0.15) is 76.0 Å². The number of nitrogens with one attached hydrogen (secondary N) is 2. The van der Waals surface area contributed by atoms with Gasteiger partial charge in [0.15, 0.2) is 0 Å². The molecule has 0 fully saturated rings. The predicted molar refractivity (Wildman–Crippen MR) is 170 cm³/mol. The van der Waals surface area contributed by atoms with Crippen molar-refractivity contribution in [3.05, 3.63) is 65.4 Å². The lowest BCUT2D eigenvalue weighted by Gasteiger charge is -2.34. The number of amides is 1. The van der Waals surface area contributed by atoms with Crippen molar-refractivity contribution in [3.63, 3.8) is 0 Å². The van der Waals surface area contributed by atoms with Crippen molar-refractivity contribution in [2.24, 2.45) is 5.92 Å². The van der Waals surface area contributed by atoms with E-state index in [0.29, 0.717) is 6.42 Å². The predicted octanol–water partition coefficient (Wildman–Crippen LogP) is 6.73. The summed E-state index contributed by atoms with van der Waals surface area (Å²) in [6.45, 7) is 12.7. The molecule has 0 spiro atoms. The van der Waals surface area contributed by atoms with Crippen LogP contribution >= 0.6 is 0 Å². The Bertz CT molecular complexity index is 1180. The van der Waals surface area contributed by atoms with Crippen LogP contribution in [-0.4, -0.2) is 62.4 Å². The van der Waals surface area contributed by atoms with E-state index in [0.717, 1.165) is 28.7 Å². The minimum atomic E-state index is -0.494. The largest absolute Gasteiger partial charge is 0.374 e. The fraction of sp³-hybridized carbons (Fsp3) is 0.529. The highest BCUT2D eigenvalue weighted by molar-refractivity contribution is 5.85. The van der Waals surface area contributed by atoms with Crippen LogP contribution in [0.15, 0.2) is 48.7 Å². The molecule has 2 heterocycles. The molecule has 2 N–H and O–H groups in total. The van der Waals surface area contributed by atoms with Gasteiger partial charge >= 0.3 is 0 Å². The molecule has 1 aromatic heterocycles. The summed E-state index contributed by atoms with van der Waals surface area (Å²) in [5.41, 5.74) is 6.39. The van der Waals surface area contributed by atoms with E-state index in [1.54, 1.807) is 6.92 Å². The van der Waals surface area contributed by atoms with Crippen LogP contribution in [-0.2, 0) is 16.0 Å². The number of carbonyl (C=O) groups is 2. The molecule has 0 aliphatic carbocycles. The summed E-state index contributed by atoms with van der Waals surface area (Å²) in [5.74, 6) is 0.585. The van der Waals surface area contributed by atoms with Gasteiger partial charge in [0.1, 0.15) is 6.29 Å². The van der Waals surface area contributed by atoms with Gasteiger partial charge in [-0.1, -0.05) is 82.9 Å². The average molecular weight is 549 g/mol. The Kier molecular flexibility index (Phi) is 13.9. The molecule has 1 aliphatic rings. The number of fused-ring (bicyclic) bond motifs is 2. The number of aromatic nitrogens is 1. The molecule has 220 valence electrons. The zero-order chi connectivity index (χ0) is 29.7. The first-order valence-electron chi connectivity index (χ1n) is 14.9. The number of aldehydes is 1. The molecule has 3 atom stereocenters. The molecule has 0 saturated heterocycles. The lowest BCUT2D eigenvalue weighted by molar-refractivity contribution is -0.124. The molecular weight excluding hydrogens is 496 g/mol. The van der Waals surface area contributed by atoms with E-state index in [-0.39, 0.29) is 11.8 Å². The van der Waals surface area contributed by atoms with E-state index in [4.69, 9.17) is 0 Å². The third-order valence-corrected chi connectivity index (χ3v) is 7.46. The summed E-state index contributed by atoms with van der Waals surface area (Å²) < 4.78 is 0. The van der Waals surface area contributed by atoms with Crippen molar-refractivity contribution < 1.29 is 9.59 Å². The Balaban J connectivity index is 0.000000243. The standard InChI is InChI=1S/C15H18N2O2.C14H22N2.C5H12/c1-3-15(19)17-14(9-18)10(2)12-8-16-13-7-5-4-6-11(12)13;1-11-5-6-14-13(7-11)8-12(9-15(2)3)10-16(14)4;1-3-5-4-2/h4-10,14,16H,3H2,1-2H3,(H,17,19);5-7,12H,8-10H2,1-4H3;3-5H2,1-2H3/t;12-;/m.1./s1. The van der Waals surface area contributed by atoms with E-state index >= 15 is 0 Å². The third-order valence-electron chi connectivity index (χ3n) is 7.46. The van der Waals surface area contributed by atoms with Crippen molar-refractivity contribution in [2.75, 3.05) is 39.1 Å². The number of H-pyrrole nitrogens is 1. The van der Waals surface area contributed by atoms with Crippen molar-refractivity contribution in [3.8, 4) is 0 Å². The smallest absolute Gasteiger partial charge is 0.220 e. The maximum Gasteiger partial charge on any atom is 0.220 e. The number of carbonyl (C=O) groups excluding carboxylic acids is 2. The number of anilines is 1. The van der Waals surface area contributed by atoms with Gasteiger partial charge < -0.3 is 24.9 Å². The van der Waals surface area contributed by atoms with Crippen molar-refractivity contribution in [2.45, 2.75) is 78.7 Å². The number of aryl methyl sites for hydroxylation is 1. The normalized spacial score (nSPS) is 15.7. The van der Waals surface area contributed by atoms with Crippen LogP contribution in [0, 0.1) is 12.8 Å². The minimum absolute atomic E-state index is 0.0656. The van der Waals surface area contributed by atoms with Crippen LogP contribution in [0.5, 0.6) is 0 Å². The van der Waals surface area contributed by atoms with Crippen molar-refractivity contribution in [1.29, 1.82) is 0 Å². The van der Waals surface area contributed by atoms with Crippen LogP contribution in [0.2, 0.25) is 0 Å². The topological polar surface area (TPSA) is 68.4 Å². The summed E-state index contributed by atoms with van der Waals surface area (Å²) in [5, 5.41) is 3.84. The molecule has 40 heavy (non-hydrogen) atoms. The molecule has 3 aromatic rings. The molecule has 6 heteroatoms. The van der Waals surface area contributed by atoms with E-state index in [1.165, 1.54) is 55.6 Å². The minimum Gasteiger partial charge on any atom is -0.374 e. The average Bonchev–Trinajstić information content (AvgIpc) is 3.36.